The van der Waals surface area contributed by atoms with Crippen molar-refractivity contribution in [3.8, 4) is 0 Å². The molecule has 3 heterocycles. The van der Waals surface area contributed by atoms with E-state index in [2.05, 4.69) is 22.1 Å². The first-order valence-corrected chi connectivity index (χ1v) is 13.4. The van der Waals surface area contributed by atoms with Gasteiger partial charge in [0.15, 0.2) is 9.84 Å². The zero-order valence-corrected chi connectivity index (χ0v) is 20.2. The Bertz CT molecular complexity index is 1370. The number of anilines is 2. The molecule has 0 bridgehead atoms. The van der Waals surface area contributed by atoms with E-state index in [0.717, 1.165) is 24.3 Å². The van der Waals surface area contributed by atoms with Gasteiger partial charge < -0.3 is 14.7 Å². The van der Waals surface area contributed by atoms with Crippen LogP contribution in [0.25, 0.3) is 0 Å². The molecule has 0 radical (unpaired) electrons. The van der Waals surface area contributed by atoms with Gasteiger partial charge in [0.25, 0.3) is 5.91 Å². The van der Waals surface area contributed by atoms with Crippen molar-refractivity contribution in [1.29, 1.82) is 0 Å². The monoisotopic (exact) mass is 495 g/mol. The largest absolute Gasteiger partial charge is 0.366 e. The molecule has 0 aliphatic carbocycles. The second-order valence-corrected chi connectivity index (χ2v) is 10.9. The number of hydrogen-bond donors (Lipinski definition) is 0. The van der Waals surface area contributed by atoms with Crippen LogP contribution in [-0.4, -0.2) is 68.2 Å². The summed E-state index contributed by atoms with van der Waals surface area (Å²) in [4.78, 5) is 27.7. The van der Waals surface area contributed by atoms with E-state index in [1.807, 2.05) is 26.8 Å². The number of halogens is 1. The first kappa shape index (κ1) is 23.2. The van der Waals surface area contributed by atoms with Crippen molar-refractivity contribution in [2.45, 2.75) is 17.9 Å². The van der Waals surface area contributed by atoms with Gasteiger partial charge in [-0.05, 0) is 41.8 Å². The highest BCUT2D eigenvalue weighted by atomic mass is 32.2. The van der Waals surface area contributed by atoms with Gasteiger partial charge in [-0.3, -0.25) is 4.79 Å². The lowest BCUT2D eigenvalue weighted by Crippen LogP contribution is -2.47. The van der Waals surface area contributed by atoms with Gasteiger partial charge in [-0.25, -0.2) is 22.8 Å². The number of carbonyl (C=O) groups excluding carboxylic acids is 1. The van der Waals surface area contributed by atoms with Crippen LogP contribution in [0.4, 0.5) is 16.0 Å². The van der Waals surface area contributed by atoms with Crippen LogP contribution in [0.1, 0.15) is 21.6 Å². The number of aromatic nitrogens is 2. The molecule has 10 heteroatoms. The van der Waals surface area contributed by atoms with E-state index < -0.39 is 15.7 Å². The predicted molar refractivity (Wildman–Crippen MR) is 131 cm³/mol. The number of benzene rings is 2. The molecule has 1 amide bonds. The van der Waals surface area contributed by atoms with Crippen LogP contribution in [0.2, 0.25) is 0 Å². The summed E-state index contributed by atoms with van der Waals surface area (Å²) in [6.07, 6.45) is 3.48. The van der Waals surface area contributed by atoms with Crippen molar-refractivity contribution in [3.63, 3.8) is 0 Å². The summed E-state index contributed by atoms with van der Waals surface area (Å²) in [5, 5.41) is 0. The Morgan fingerprint density at radius 2 is 1.66 bits per heavy atom. The van der Waals surface area contributed by atoms with Crippen LogP contribution in [0, 0.1) is 5.82 Å². The lowest BCUT2D eigenvalue weighted by atomic mass is 10.00. The van der Waals surface area contributed by atoms with Crippen molar-refractivity contribution >= 4 is 27.4 Å². The van der Waals surface area contributed by atoms with Gasteiger partial charge in [0, 0.05) is 51.7 Å². The highest BCUT2D eigenvalue weighted by Crippen LogP contribution is 2.25. The van der Waals surface area contributed by atoms with Crippen molar-refractivity contribution < 1.29 is 17.6 Å². The number of fused-ring (bicyclic) bond motifs is 1. The van der Waals surface area contributed by atoms with Gasteiger partial charge in [-0.15, -0.1) is 0 Å². The number of sulfone groups is 1. The van der Waals surface area contributed by atoms with E-state index in [0.29, 0.717) is 56.6 Å². The summed E-state index contributed by atoms with van der Waals surface area (Å²) < 4.78 is 38.0. The van der Waals surface area contributed by atoms with Crippen LogP contribution >= 0.6 is 0 Å². The molecule has 0 unspecified atom stereocenters. The third-order valence-electron chi connectivity index (χ3n) is 6.53. The van der Waals surface area contributed by atoms with Gasteiger partial charge in [0.1, 0.15) is 11.5 Å². The Hall–Kier alpha value is -3.53. The molecule has 0 spiro atoms. The molecule has 1 aromatic heterocycles. The molecular weight excluding hydrogens is 469 g/mol. The Balaban J connectivity index is 1.25. The number of amides is 1. The molecule has 182 valence electrons. The SMILES string of the molecule is CS(=O)(=O)c1ccc(N2CCN(c3nccc(C(=O)N4CCc5ccccc5C4)n3)CC2)c(F)c1. The fraction of sp³-hybridized carbons (Fsp3) is 0.320. The molecule has 2 aromatic carbocycles. The molecule has 2 aliphatic rings. The normalized spacial score (nSPS) is 16.2. The summed E-state index contributed by atoms with van der Waals surface area (Å²) in [5.41, 5.74) is 3.17. The van der Waals surface area contributed by atoms with Crippen LogP contribution in [0.15, 0.2) is 59.6 Å². The molecule has 2 aliphatic heterocycles. The maximum absolute atomic E-state index is 14.6. The second kappa shape index (κ2) is 9.26. The third-order valence-corrected chi connectivity index (χ3v) is 7.64. The predicted octanol–water partition coefficient (Wildman–Crippen LogP) is 2.54. The van der Waals surface area contributed by atoms with Crippen LogP contribution < -0.4 is 9.80 Å². The molecule has 8 nitrogen and oxygen atoms in total. The maximum Gasteiger partial charge on any atom is 0.272 e. The van der Waals surface area contributed by atoms with Gasteiger partial charge in [0.05, 0.1) is 10.6 Å². The molecular formula is C25H26FN5O3S. The van der Waals surface area contributed by atoms with E-state index in [1.54, 1.807) is 12.3 Å². The molecule has 1 saturated heterocycles. The fourth-order valence-corrected chi connectivity index (χ4v) is 5.21. The first-order valence-electron chi connectivity index (χ1n) is 11.5. The third kappa shape index (κ3) is 4.84. The zero-order valence-electron chi connectivity index (χ0n) is 19.4. The molecule has 5 rings (SSSR count). The van der Waals surface area contributed by atoms with E-state index in [9.17, 15) is 17.6 Å². The Labute approximate surface area is 203 Å². The summed E-state index contributed by atoms with van der Waals surface area (Å²) >= 11 is 0. The van der Waals surface area contributed by atoms with Crippen molar-refractivity contribution in [1.82, 2.24) is 14.9 Å². The van der Waals surface area contributed by atoms with Crippen molar-refractivity contribution in [2.24, 2.45) is 0 Å². The minimum Gasteiger partial charge on any atom is -0.366 e. The fourth-order valence-electron chi connectivity index (χ4n) is 4.57. The number of nitrogens with zero attached hydrogens (tertiary/aromatic N) is 5. The average molecular weight is 496 g/mol. The molecule has 35 heavy (non-hydrogen) atoms. The van der Waals surface area contributed by atoms with Gasteiger partial charge >= 0.3 is 0 Å². The van der Waals surface area contributed by atoms with Gasteiger partial charge in [0.2, 0.25) is 5.95 Å². The van der Waals surface area contributed by atoms with Crippen molar-refractivity contribution in [3.05, 3.63) is 77.4 Å². The summed E-state index contributed by atoms with van der Waals surface area (Å²) in [6, 6.07) is 13.8. The van der Waals surface area contributed by atoms with E-state index in [1.165, 1.54) is 17.7 Å². The highest BCUT2D eigenvalue weighted by Gasteiger charge is 2.25. The second-order valence-electron chi connectivity index (χ2n) is 8.85. The van der Waals surface area contributed by atoms with E-state index in [-0.39, 0.29) is 10.8 Å². The highest BCUT2D eigenvalue weighted by molar-refractivity contribution is 7.90. The Kier molecular flexibility index (Phi) is 6.14. The standard InChI is InChI=1S/C25H26FN5O3S/c1-35(33,34)20-6-7-23(21(26)16-20)29-12-14-30(15-13-29)25-27-10-8-22(28-25)24(32)31-11-9-18-4-2-3-5-19(18)17-31/h2-8,10,16H,9,11-15,17H2,1H3. The average Bonchev–Trinajstić information content (AvgIpc) is 2.87. The van der Waals surface area contributed by atoms with E-state index in [4.69, 9.17) is 0 Å². The van der Waals surface area contributed by atoms with Crippen LogP contribution in [-0.2, 0) is 22.8 Å². The number of carbonyl (C=O) groups is 1. The molecule has 0 atom stereocenters. The van der Waals surface area contributed by atoms with E-state index >= 15 is 0 Å². The molecule has 0 N–H and O–H groups in total. The number of hydrogen-bond acceptors (Lipinski definition) is 7. The maximum atomic E-state index is 14.6. The molecule has 1 fully saturated rings. The Morgan fingerprint density at radius 1 is 0.943 bits per heavy atom. The zero-order chi connectivity index (χ0) is 24.6. The topological polar surface area (TPSA) is 86.7 Å². The summed E-state index contributed by atoms with van der Waals surface area (Å²) in [6.45, 7) is 3.33. The van der Waals surface area contributed by atoms with Gasteiger partial charge in [-0.1, -0.05) is 24.3 Å². The lowest BCUT2D eigenvalue weighted by molar-refractivity contribution is 0.0728. The van der Waals surface area contributed by atoms with Gasteiger partial charge in [-0.2, -0.15) is 0 Å². The van der Waals surface area contributed by atoms with Crippen LogP contribution in [0.5, 0.6) is 0 Å². The minimum atomic E-state index is -3.47. The van der Waals surface area contributed by atoms with Crippen molar-refractivity contribution in [2.75, 3.05) is 48.8 Å². The molecule has 3 aromatic rings. The Morgan fingerprint density at radius 3 is 2.37 bits per heavy atom. The number of piperazine rings is 1. The van der Waals surface area contributed by atoms with Crippen LogP contribution in [0.3, 0.4) is 0 Å². The molecule has 0 saturated carbocycles. The first-order chi connectivity index (χ1) is 16.8. The quantitative estimate of drug-likeness (QED) is 0.550. The number of rotatable bonds is 4. The summed E-state index contributed by atoms with van der Waals surface area (Å²) in [5.74, 6) is -0.205. The minimum absolute atomic E-state index is 0.0375. The lowest BCUT2D eigenvalue weighted by Gasteiger charge is -2.36. The summed E-state index contributed by atoms with van der Waals surface area (Å²) in [7, 11) is -3.47. The smallest absolute Gasteiger partial charge is 0.272 e.